The molecule has 0 bridgehead atoms. The van der Waals surface area contributed by atoms with E-state index < -0.39 is 0 Å². The van der Waals surface area contributed by atoms with Gasteiger partial charge >= 0.3 is 0 Å². The first-order valence-electron chi connectivity index (χ1n) is 10.3. The number of hydrogen-bond donors (Lipinski definition) is 1. The Balaban J connectivity index is 0.000000806. The maximum Gasteiger partial charge on any atom is 0.258 e. The lowest BCUT2D eigenvalue weighted by molar-refractivity contribution is 0.415. The van der Waals surface area contributed by atoms with Crippen LogP contribution in [0, 0.1) is 0 Å². The van der Waals surface area contributed by atoms with Gasteiger partial charge in [0.15, 0.2) is 11.4 Å². The van der Waals surface area contributed by atoms with Crippen LogP contribution in [0.2, 0.25) is 0 Å². The van der Waals surface area contributed by atoms with Crippen molar-refractivity contribution in [1.82, 2.24) is 14.7 Å². The van der Waals surface area contributed by atoms with Gasteiger partial charge in [-0.3, -0.25) is 9.20 Å². The monoisotopic (exact) mass is 410 g/mol. The molecule has 0 radical (unpaired) electrons. The smallest absolute Gasteiger partial charge is 0.258 e. The Hall–Kier alpha value is -3.06. The van der Waals surface area contributed by atoms with Gasteiger partial charge in [-0.2, -0.15) is 0 Å². The number of fused-ring (bicyclic) bond motifs is 1. The zero-order valence-corrected chi connectivity index (χ0v) is 18.1. The molecule has 3 aromatic rings. The van der Waals surface area contributed by atoms with E-state index in [1.165, 1.54) is 6.42 Å². The molecule has 1 aromatic carbocycles. The summed E-state index contributed by atoms with van der Waals surface area (Å²) < 4.78 is 12.3. The van der Waals surface area contributed by atoms with Crippen LogP contribution in [0.3, 0.4) is 0 Å². The maximum atomic E-state index is 12.8. The van der Waals surface area contributed by atoms with E-state index in [1.54, 1.807) is 24.7 Å². The molecule has 0 saturated carbocycles. The van der Waals surface area contributed by atoms with Crippen molar-refractivity contribution in [2.24, 2.45) is 0 Å². The van der Waals surface area contributed by atoms with Crippen LogP contribution in [0.15, 0.2) is 47.4 Å². The Labute approximate surface area is 177 Å². The maximum absolute atomic E-state index is 12.8. The third-order valence-electron chi connectivity index (χ3n) is 4.80. The Kier molecular flexibility index (Phi) is 7.30. The first-order chi connectivity index (χ1) is 14.6. The quantitative estimate of drug-likeness (QED) is 0.712. The summed E-state index contributed by atoms with van der Waals surface area (Å²) in [5, 5.41) is 3.33. The average molecular weight is 411 g/mol. The van der Waals surface area contributed by atoms with Crippen LogP contribution in [0.5, 0.6) is 11.5 Å². The second-order valence-electron chi connectivity index (χ2n) is 7.11. The zero-order valence-electron chi connectivity index (χ0n) is 18.1. The summed E-state index contributed by atoms with van der Waals surface area (Å²) in [5.74, 6) is 1.34. The van der Waals surface area contributed by atoms with Crippen LogP contribution in [0.25, 0.3) is 16.9 Å². The average Bonchev–Trinajstić information content (AvgIpc) is 2.79. The number of benzene rings is 1. The highest BCUT2D eigenvalue weighted by molar-refractivity contribution is 5.67. The lowest BCUT2D eigenvalue weighted by Gasteiger charge is -2.29. The molecule has 2 aromatic heterocycles. The van der Waals surface area contributed by atoms with E-state index in [4.69, 9.17) is 9.47 Å². The van der Waals surface area contributed by atoms with Gasteiger partial charge in [-0.15, -0.1) is 0 Å². The first-order valence-corrected chi connectivity index (χ1v) is 10.3. The molecule has 0 aliphatic carbocycles. The molecule has 0 atom stereocenters. The third-order valence-corrected chi connectivity index (χ3v) is 4.80. The second-order valence-corrected chi connectivity index (χ2v) is 7.11. The van der Waals surface area contributed by atoms with Gasteiger partial charge in [-0.05, 0) is 24.3 Å². The van der Waals surface area contributed by atoms with E-state index in [9.17, 15) is 4.79 Å². The molecule has 0 spiro atoms. The predicted molar refractivity (Wildman–Crippen MR) is 121 cm³/mol. The fourth-order valence-corrected chi connectivity index (χ4v) is 3.31. The van der Waals surface area contributed by atoms with Crippen molar-refractivity contribution < 1.29 is 9.47 Å². The molecular weight excluding hydrogens is 380 g/mol. The second kappa shape index (κ2) is 10.1. The van der Waals surface area contributed by atoms with Gasteiger partial charge in [0.25, 0.3) is 5.56 Å². The van der Waals surface area contributed by atoms with Crippen LogP contribution in [-0.2, 0) is 0 Å². The minimum absolute atomic E-state index is 0.138. The van der Waals surface area contributed by atoms with Gasteiger partial charge in [-0.25, -0.2) is 4.98 Å². The van der Waals surface area contributed by atoms with E-state index in [0.717, 1.165) is 43.2 Å². The highest BCUT2D eigenvalue weighted by Crippen LogP contribution is 2.27. The number of nitrogens with one attached hydrogen (secondary N) is 1. The summed E-state index contributed by atoms with van der Waals surface area (Å²) in [7, 11) is 3.22. The van der Waals surface area contributed by atoms with E-state index in [1.807, 2.05) is 36.5 Å². The van der Waals surface area contributed by atoms with Crippen molar-refractivity contribution in [2.45, 2.75) is 20.3 Å². The van der Waals surface area contributed by atoms with Crippen LogP contribution >= 0.6 is 0 Å². The zero-order chi connectivity index (χ0) is 21.5. The third kappa shape index (κ3) is 4.74. The van der Waals surface area contributed by atoms with Crippen molar-refractivity contribution in [3.8, 4) is 22.8 Å². The number of piperazine rings is 1. The minimum Gasteiger partial charge on any atom is -0.497 e. The molecule has 7 nitrogen and oxygen atoms in total. The summed E-state index contributed by atoms with van der Waals surface area (Å²) in [6.45, 7) is 7.87. The molecule has 1 aliphatic rings. The number of methoxy groups -OCH3 is 2. The molecule has 4 rings (SSSR count). The van der Waals surface area contributed by atoms with Crippen LogP contribution in [0.1, 0.15) is 20.3 Å². The molecule has 30 heavy (non-hydrogen) atoms. The highest BCUT2D eigenvalue weighted by atomic mass is 16.5. The fourth-order valence-electron chi connectivity index (χ4n) is 3.31. The van der Waals surface area contributed by atoms with Crippen molar-refractivity contribution in [2.75, 3.05) is 45.3 Å². The summed E-state index contributed by atoms with van der Waals surface area (Å²) in [6, 6.07) is 11.0. The van der Waals surface area contributed by atoms with E-state index in [0.29, 0.717) is 17.1 Å². The first kappa shape index (κ1) is 21.6. The molecule has 1 fully saturated rings. The van der Waals surface area contributed by atoms with E-state index >= 15 is 0 Å². The molecule has 0 amide bonds. The largest absolute Gasteiger partial charge is 0.497 e. The number of pyridine rings is 1. The van der Waals surface area contributed by atoms with Gasteiger partial charge in [-0.1, -0.05) is 20.3 Å². The lowest BCUT2D eigenvalue weighted by Crippen LogP contribution is -2.43. The van der Waals surface area contributed by atoms with Crippen molar-refractivity contribution in [3.05, 3.63) is 52.9 Å². The molecule has 1 N–H and O–H groups in total. The number of aromatic nitrogens is 2. The Morgan fingerprint density at radius 1 is 1.03 bits per heavy atom. The molecule has 0 unspecified atom stereocenters. The van der Waals surface area contributed by atoms with Crippen LogP contribution in [-0.4, -0.2) is 49.8 Å². The normalized spacial score (nSPS) is 13.5. The molecule has 160 valence electrons. The van der Waals surface area contributed by atoms with E-state index in [2.05, 4.69) is 29.0 Å². The van der Waals surface area contributed by atoms with Gasteiger partial charge in [0.1, 0.15) is 5.75 Å². The van der Waals surface area contributed by atoms with E-state index in [-0.39, 0.29) is 5.56 Å². The summed E-state index contributed by atoms with van der Waals surface area (Å²) in [6.07, 6.45) is 3.09. The SMILES string of the molecule is CCC.COc1ccc(-c2cc(=O)n3cc(N4CCNCC4)cc(OC)c3n2)cc1. The van der Waals surface area contributed by atoms with Gasteiger partial charge < -0.3 is 19.7 Å². The highest BCUT2D eigenvalue weighted by Gasteiger charge is 2.16. The Morgan fingerprint density at radius 2 is 1.70 bits per heavy atom. The molecule has 3 heterocycles. The predicted octanol–water partition coefficient (Wildman–Crippen LogP) is 3.20. The number of nitrogens with zero attached hydrogens (tertiary/aromatic N) is 3. The summed E-state index contributed by atoms with van der Waals surface area (Å²) in [4.78, 5) is 19.7. The number of ether oxygens (including phenoxy) is 2. The number of anilines is 1. The lowest BCUT2D eigenvalue weighted by atomic mass is 10.1. The number of rotatable bonds is 4. The Morgan fingerprint density at radius 3 is 2.30 bits per heavy atom. The van der Waals surface area contributed by atoms with Crippen molar-refractivity contribution in [1.29, 1.82) is 0 Å². The van der Waals surface area contributed by atoms with Crippen LogP contribution in [0.4, 0.5) is 5.69 Å². The minimum atomic E-state index is -0.138. The summed E-state index contributed by atoms with van der Waals surface area (Å²) >= 11 is 0. The molecule has 1 saturated heterocycles. The van der Waals surface area contributed by atoms with Crippen molar-refractivity contribution >= 4 is 11.3 Å². The van der Waals surface area contributed by atoms with Crippen molar-refractivity contribution in [3.63, 3.8) is 0 Å². The molecular formula is C23H30N4O3. The van der Waals surface area contributed by atoms with Crippen LogP contribution < -0.4 is 25.2 Å². The topological polar surface area (TPSA) is 68.1 Å². The Bertz CT molecular complexity index is 1030. The molecule has 1 aliphatic heterocycles. The standard InChI is InChI=1S/C20H22N4O3.C3H8/c1-26-16-5-3-14(4-6-16)17-12-19(25)24-13-15(23-9-7-21-8-10-23)11-18(27-2)20(24)22-17;1-3-2/h3-6,11-13,21H,7-10H2,1-2H3;3H2,1-2H3. The number of hydrogen-bond acceptors (Lipinski definition) is 6. The van der Waals surface area contributed by atoms with Gasteiger partial charge in [0.2, 0.25) is 0 Å². The van der Waals surface area contributed by atoms with Gasteiger partial charge in [0.05, 0.1) is 25.6 Å². The van der Waals surface area contributed by atoms with Gasteiger partial charge in [0, 0.05) is 50.1 Å². The molecule has 7 heteroatoms. The summed E-state index contributed by atoms with van der Waals surface area (Å²) in [5.41, 5.74) is 2.79. The fraction of sp³-hybridized carbons (Fsp3) is 0.391.